The number of Topliss-reactive ketones (excluding diaryl/α,β-unsaturated/α-hetero) is 1. The summed E-state index contributed by atoms with van der Waals surface area (Å²) in [6, 6.07) is 0. The van der Waals surface area contributed by atoms with E-state index in [2.05, 4.69) is 0 Å². The number of likely N-dealkylation sites (N-methyl/N-ethyl adjacent to an activating group) is 1. The van der Waals surface area contributed by atoms with E-state index < -0.39 is 5.60 Å². The van der Waals surface area contributed by atoms with Gasteiger partial charge in [-0.1, -0.05) is 0 Å². The SMILES string of the molecule is CCN(CC)C(=O)C1=C(C)C(C)(O)CC1=O. The highest BCUT2D eigenvalue weighted by atomic mass is 16.3. The molecule has 0 aliphatic heterocycles. The molecule has 0 aromatic rings. The molecule has 1 unspecified atom stereocenters. The molecule has 1 amide bonds. The van der Waals surface area contributed by atoms with Crippen LogP contribution in [-0.2, 0) is 9.59 Å². The van der Waals surface area contributed by atoms with Crippen molar-refractivity contribution in [2.75, 3.05) is 13.1 Å². The molecule has 0 aromatic carbocycles. The van der Waals surface area contributed by atoms with Crippen molar-refractivity contribution in [1.82, 2.24) is 4.90 Å². The Morgan fingerprint density at radius 3 is 2.25 bits per heavy atom. The topological polar surface area (TPSA) is 57.6 Å². The molecule has 0 radical (unpaired) electrons. The van der Waals surface area contributed by atoms with E-state index in [0.29, 0.717) is 18.7 Å². The van der Waals surface area contributed by atoms with Crippen molar-refractivity contribution in [1.29, 1.82) is 0 Å². The third-order valence-electron chi connectivity index (χ3n) is 3.23. The largest absolute Gasteiger partial charge is 0.385 e. The molecule has 0 saturated heterocycles. The number of hydrogen-bond acceptors (Lipinski definition) is 3. The molecule has 1 N–H and O–H groups in total. The molecule has 16 heavy (non-hydrogen) atoms. The lowest BCUT2D eigenvalue weighted by atomic mass is 9.99. The maximum atomic E-state index is 12.1. The number of carbonyl (C=O) groups is 2. The molecule has 0 bridgehead atoms. The molecule has 4 heteroatoms. The van der Waals surface area contributed by atoms with Crippen molar-refractivity contribution < 1.29 is 14.7 Å². The number of hydrogen-bond donors (Lipinski definition) is 1. The fraction of sp³-hybridized carbons (Fsp3) is 0.667. The average molecular weight is 225 g/mol. The lowest BCUT2D eigenvalue weighted by Crippen LogP contribution is -2.33. The molecule has 1 rings (SSSR count). The molecule has 90 valence electrons. The summed E-state index contributed by atoms with van der Waals surface area (Å²) >= 11 is 0. The van der Waals surface area contributed by atoms with Crippen LogP contribution in [0, 0.1) is 0 Å². The molecular formula is C12H19NO3. The van der Waals surface area contributed by atoms with Gasteiger partial charge in [-0.05, 0) is 33.3 Å². The van der Waals surface area contributed by atoms with Crippen molar-refractivity contribution in [2.24, 2.45) is 0 Å². The van der Waals surface area contributed by atoms with E-state index in [1.165, 1.54) is 0 Å². The van der Waals surface area contributed by atoms with Gasteiger partial charge in [-0.3, -0.25) is 9.59 Å². The number of amides is 1. The van der Waals surface area contributed by atoms with Crippen molar-refractivity contribution in [3.63, 3.8) is 0 Å². The second kappa shape index (κ2) is 4.37. The minimum Gasteiger partial charge on any atom is -0.385 e. The van der Waals surface area contributed by atoms with Crippen LogP contribution < -0.4 is 0 Å². The molecule has 0 saturated carbocycles. The van der Waals surface area contributed by atoms with Gasteiger partial charge in [0.15, 0.2) is 5.78 Å². The van der Waals surface area contributed by atoms with Crippen LogP contribution in [0.5, 0.6) is 0 Å². The van der Waals surface area contributed by atoms with E-state index in [9.17, 15) is 14.7 Å². The second-order valence-corrected chi connectivity index (χ2v) is 4.35. The normalized spacial score (nSPS) is 25.2. The first kappa shape index (κ1) is 12.9. The quantitative estimate of drug-likeness (QED) is 0.726. The van der Waals surface area contributed by atoms with E-state index in [0.717, 1.165) is 0 Å². The molecule has 4 nitrogen and oxygen atoms in total. The Hall–Kier alpha value is -1.16. The van der Waals surface area contributed by atoms with Gasteiger partial charge in [-0.25, -0.2) is 0 Å². The first-order valence-electron chi connectivity index (χ1n) is 5.61. The third-order valence-corrected chi connectivity index (χ3v) is 3.23. The van der Waals surface area contributed by atoms with Gasteiger partial charge < -0.3 is 10.0 Å². The zero-order valence-corrected chi connectivity index (χ0v) is 10.3. The first-order chi connectivity index (χ1) is 7.35. The van der Waals surface area contributed by atoms with Gasteiger partial charge in [-0.2, -0.15) is 0 Å². The van der Waals surface area contributed by atoms with E-state index >= 15 is 0 Å². The van der Waals surface area contributed by atoms with E-state index in [-0.39, 0.29) is 23.7 Å². The molecule has 1 atom stereocenters. The first-order valence-corrected chi connectivity index (χ1v) is 5.61. The molecule has 1 aliphatic carbocycles. The zero-order valence-electron chi connectivity index (χ0n) is 10.3. The Kier molecular flexibility index (Phi) is 3.53. The summed E-state index contributed by atoms with van der Waals surface area (Å²) in [5.41, 5.74) is -0.488. The van der Waals surface area contributed by atoms with Crippen LogP contribution in [0.25, 0.3) is 0 Å². The Morgan fingerprint density at radius 1 is 1.44 bits per heavy atom. The van der Waals surface area contributed by atoms with Gasteiger partial charge in [0.2, 0.25) is 0 Å². The Bertz CT molecular complexity index is 351. The molecule has 1 aliphatic rings. The molecule has 0 spiro atoms. The van der Waals surface area contributed by atoms with Crippen molar-refractivity contribution >= 4 is 11.7 Å². The summed E-state index contributed by atoms with van der Waals surface area (Å²) in [6.07, 6.45) is 0.0151. The molecule has 0 fully saturated rings. The smallest absolute Gasteiger partial charge is 0.257 e. The lowest BCUT2D eigenvalue weighted by molar-refractivity contribution is -0.129. The highest BCUT2D eigenvalue weighted by molar-refractivity contribution is 6.22. The Labute approximate surface area is 95.9 Å². The zero-order chi connectivity index (χ0) is 12.5. The predicted molar refractivity (Wildman–Crippen MR) is 60.9 cm³/mol. The van der Waals surface area contributed by atoms with Crippen molar-refractivity contribution in [2.45, 2.75) is 39.7 Å². The summed E-state index contributed by atoms with van der Waals surface area (Å²) < 4.78 is 0. The molecular weight excluding hydrogens is 206 g/mol. The molecule has 0 aromatic heterocycles. The maximum Gasteiger partial charge on any atom is 0.257 e. The van der Waals surface area contributed by atoms with Gasteiger partial charge in [0.05, 0.1) is 11.2 Å². The van der Waals surface area contributed by atoms with Crippen molar-refractivity contribution in [3.05, 3.63) is 11.1 Å². The third kappa shape index (κ3) is 2.02. The van der Waals surface area contributed by atoms with E-state index in [4.69, 9.17) is 0 Å². The summed E-state index contributed by atoms with van der Waals surface area (Å²) in [5, 5.41) is 9.93. The van der Waals surface area contributed by atoms with Gasteiger partial charge in [0.1, 0.15) is 0 Å². The van der Waals surface area contributed by atoms with Gasteiger partial charge in [0, 0.05) is 19.5 Å². The van der Waals surface area contributed by atoms with Gasteiger partial charge in [-0.15, -0.1) is 0 Å². The van der Waals surface area contributed by atoms with Crippen LogP contribution in [0.2, 0.25) is 0 Å². The standard InChI is InChI=1S/C12H19NO3/c1-5-13(6-2)11(15)10-8(3)12(4,16)7-9(10)14/h16H,5-7H2,1-4H3. The number of carbonyl (C=O) groups excluding carboxylic acids is 2. The number of aliphatic hydroxyl groups is 1. The van der Waals surface area contributed by atoms with Gasteiger partial charge in [0.25, 0.3) is 5.91 Å². The summed E-state index contributed by atoms with van der Waals surface area (Å²) in [7, 11) is 0. The molecule has 0 heterocycles. The summed E-state index contributed by atoms with van der Waals surface area (Å²) in [6.45, 7) is 8.11. The lowest BCUT2D eigenvalue weighted by Gasteiger charge is -2.20. The maximum absolute atomic E-state index is 12.1. The van der Waals surface area contributed by atoms with E-state index in [1.807, 2.05) is 13.8 Å². The Morgan fingerprint density at radius 2 is 1.94 bits per heavy atom. The van der Waals surface area contributed by atoms with Crippen LogP contribution in [0.4, 0.5) is 0 Å². The van der Waals surface area contributed by atoms with Gasteiger partial charge >= 0.3 is 0 Å². The van der Waals surface area contributed by atoms with Crippen LogP contribution in [0.15, 0.2) is 11.1 Å². The highest BCUT2D eigenvalue weighted by Gasteiger charge is 2.41. The number of ketones is 1. The predicted octanol–water partition coefficient (Wildman–Crippen LogP) is 0.895. The number of nitrogens with zero attached hydrogens (tertiary/aromatic N) is 1. The summed E-state index contributed by atoms with van der Waals surface area (Å²) in [4.78, 5) is 25.4. The fourth-order valence-corrected chi connectivity index (χ4v) is 1.96. The fourth-order valence-electron chi connectivity index (χ4n) is 1.96. The average Bonchev–Trinajstić information content (AvgIpc) is 2.38. The van der Waals surface area contributed by atoms with Crippen LogP contribution >= 0.6 is 0 Å². The van der Waals surface area contributed by atoms with Crippen LogP contribution in [0.1, 0.15) is 34.1 Å². The monoisotopic (exact) mass is 225 g/mol. The minimum absolute atomic E-state index is 0.0151. The number of rotatable bonds is 3. The van der Waals surface area contributed by atoms with E-state index in [1.54, 1.807) is 18.7 Å². The Balaban J connectivity index is 3.08. The summed E-state index contributed by atoms with van der Waals surface area (Å²) in [5.74, 6) is -0.510. The van der Waals surface area contributed by atoms with Crippen LogP contribution in [0.3, 0.4) is 0 Å². The minimum atomic E-state index is -1.16. The second-order valence-electron chi connectivity index (χ2n) is 4.35. The van der Waals surface area contributed by atoms with Crippen molar-refractivity contribution in [3.8, 4) is 0 Å². The highest BCUT2D eigenvalue weighted by Crippen LogP contribution is 2.33. The van der Waals surface area contributed by atoms with Crippen LogP contribution in [-0.4, -0.2) is 40.4 Å².